The Hall–Kier alpha value is -1.49. The number of nitrogens with two attached hydrogens (primary N) is 1. The normalized spacial score (nSPS) is 10.1. The van der Waals surface area contributed by atoms with Crippen molar-refractivity contribution in [3.63, 3.8) is 0 Å². The lowest BCUT2D eigenvalue weighted by Crippen LogP contribution is -2.11. The van der Waals surface area contributed by atoms with Crippen LogP contribution in [-0.2, 0) is 4.79 Å². The summed E-state index contributed by atoms with van der Waals surface area (Å²) >= 11 is 6.24. The van der Waals surface area contributed by atoms with Crippen molar-refractivity contribution < 1.29 is 4.79 Å². The number of nitrogens with one attached hydrogen (secondary N) is 1. The van der Waals surface area contributed by atoms with Crippen LogP contribution in [0.5, 0.6) is 0 Å². The summed E-state index contributed by atoms with van der Waals surface area (Å²) in [5, 5.41) is 14.0. The first-order chi connectivity index (χ1) is 10.1. The van der Waals surface area contributed by atoms with E-state index in [1.165, 1.54) is 23.1 Å². The van der Waals surface area contributed by atoms with Crippen LogP contribution in [0.25, 0.3) is 0 Å². The van der Waals surface area contributed by atoms with Crippen LogP contribution in [0.15, 0.2) is 39.0 Å². The van der Waals surface area contributed by atoms with Crippen molar-refractivity contribution in [2.24, 2.45) is 0 Å². The van der Waals surface area contributed by atoms with E-state index in [-0.39, 0.29) is 5.91 Å². The monoisotopic (exact) mass is 381 g/mol. The maximum absolute atomic E-state index is 11.8. The molecule has 4 nitrogen and oxygen atoms in total. The third-order valence-electron chi connectivity index (χ3n) is 2.60. The van der Waals surface area contributed by atoms with Gasteiger partial charge in [0.15, 0.2) is 0 Å². The number of thiophene rings is 1. The summed E-state index contributed by atoms with van der Waals surface area (Å²) in [6.07, 6.45) is 0.364. The Kier molecular flexibility index (Phi) is 5.67. The fraction of sp³-hybridized carbons (Fsp3) is 0.143. The van der Waals surface area contributed by atoms with Gasteiger partial charge < -0.3 is 11.1 Å². The molecule has 7 heteroatoms. The summed E-state index contributed by atoms with van der Waals surface area (Å²) in [6, 6.07) is 9.42. The molecule has 2 rings (SSSR count). The smallest absolute Gasteiger partial charge is 0.225 e. The van der Waals surface area contributed by atoms with Crippen LogP contribution >= 0.6 is 39.0 Å². The molecule has 0 saturated carbocycles. The summed E-state index contributed by atoms with van der Waals surface area (Å²) in [6.45, 7) is 0. The Morgan fingerprint density at radius 1 is 1.48 bits per heavy atom. The molecule has 21 heavy (non-hydrogen) atoms. The standard InChI is InChI=1S/C14H12BrN3OS2/c15-10-1-2-12(11(17)7-10)20-6-4-13(19)18-14-9(8-16)3-5-21-14/h1-3,5,7H,4,6,17H2,(H,18,19). The summed E-state index contributed by atoms with van der Waals surface area (Å²) in [5.41, 5.74) is 7.09. The SMILES string of the molecule is N#Cc1ccsc1NC(=O)CCSc1ccc(Br)cc1N. The van der Waals surface area contributed by atoms with Crippen molar-refractivity contribution in [1.82, 2.24) is 0 Å². The molecule has 1 amide bonds. The van der Waals surface area contributed by atoms with Gasteiger partial charge in [-0.05, 0) is 29.6 Å². The Labute approximate surface area is 139 Å². The molecule has 0 radical (unpaired) electrons. The van der Waals surface area contributed by atoms with Gasteiger partial charge in [0, 0.05) is 27.2 Å². The number of thioether (sulfide) groups is 1. The molecule has 1 aromatic heterocycles. The molecular weight excluding hydrogens is 370 g/mol. The molecule has 0 spiro atoms. The predicted molar refractivity (Wildman–Crippen MR) is 91.6 cm³/mol. The van der Waals surface area contributed by atoms with Crippen molar-refractivity contribution in [2.45, 2.75) is 11.3 Å². The van der Waals surface area contributed by atoms with Gasteiger partial charge in [-0.25, -0.2) is 0 Å². The predicted octanol–water partition coefficient (Wildman–Crippen LogP) is 4.09. The molecule has 0 aliphatic carbocycles. The first kappa shape index (κ1) is 15.9. The van der Waals surface area contributed by atoms with E-state index in [4.69, 9.17) is 11.0 Å². The van der Waals surface area contributed by atoms with Gasteiger partial charge in [-0.2, -0.15) is 5.26 Å². The highest BCUT2D eigenvalue weighted by Gasteiger charge is 2.09. The number of nitrogens with zero attached hydrogens (tertiary/aromatic N) is 1. The van der Waals surface area contributed by atoms with E-state index in [9.17, 15) is 4.79 Å². The highest BCUT2D eigenvalue weighted by Crippen LogP contribution is 2.28. The van der Waals surface area contributed by atoms with Crippen LogP contribution in [0.2, 0.25) is 0 Å². The van der Waals surface area contributed by atoms with Gasteiger partial charge in [-0.1, -0.05) is 15.9 Å². The zero-order chi connectivity index (χ0) is 15.2. The Bertz CT molecular complexity index is 694. The lowest BCUT2D eigenvalue weighted by Gasteiger charge is -2.06. The number of hydrogen-bond donors (Lipinski definition) is 2. The second-order valence-corrected chi connectivity index (χ2v) is 7.07. The van der Waals surface area contributed by atoms with Crippen molar-refractivity contribution in [3.05, 3.63) is 39.7 Å². The van der Waals surface area contributed by atoms with Crippen LogP contribution < -0.4 is 11.1 Å². The quantitative estimate of drug-likeness (QED) is 0.603. The molecule has 2 aromatic rings. The number of amides is 1. The number of hydrogen-bond acceptors (Lipinski definition) is 5. The molecule has 0 atom stereocenters. The highest BCUT2D eigenvalue weighted by atomic mass is 79.9. The number of carbonyl (C=O) groups is 1. The molecule has 1 aromatic carbocycles. The van der Waals surface area contributed by atoms with Crippen LogP contribution in [0.1, 0.15) is 12.0 Å². The van der Waals surface area contributed by atoms with Gasteiger partial charge in [0.1, 0.15) is 11.1 Å². The Morgan fingerprint density at radius 2 is 2.29 bits per heavy atom. The van der Waals surface area contributed by atoms with Gasteiger partial charge in [-0.3, -0.25) is 4.79 Å². The van der Waals surface area contributed by atoms with E-state index in [0.29, 0.717) is 28.4 Å². The molecule has 0 unspecified atom stereocenters. The van der Waals surface area contributed by atoms with E-state index >= 15 is 0 Å². The average molecular weight is 382 g/mol. The summed E-state index contributed by atoms with van der Waals surface area (Å²) in [5.74, 6) is 0.530. The zero-order valence-electron chi connectivity index (χ0n) is 10.9. The highest BCUT2D eigenvalue weighted by molar-refractivity contribution is 9.10. The molecule has 0 aliphatic rings. The maximum Gasteiger partial charge on any atom is 0.225 e. The fourth-order valence-electron chi connectivity index (χ4n) is 1.59. The molecule has 3 N–H and O–H groups in total. The molecule has 0 saturated heterocycles. The molecule has 108 valence electrons. The van der Waals surface area contributed by atoms with Gasteiger partial charge in [-0.15, -0.1) is 23.1 Å². The van der Waals surface area contributed by atoms with E-state index in [2.05, 4.69) is 21.2 Å². The minimum atomic E-state index is -0.0999. The third-order valence-corrected chi connectivity index (χ3v) is 5.01. The second kappa shape index (κ2) is 7.50. The van der Waals surface area contributed by atoms with Crippen LogP contribution in [0.3, 0.4) is 0 Å². The minimum absolute atomic E-state index is 0.0999. The number of halogens is 1. The average Bonchev–Trinajstić information content (AvgIpc) is 2.88. The largest absolute Gasteiger partial charge is 0.398 e. The molecule has 0 fully saturated rings. The topological polar surface area (TPSA) is 78.9 Å². The zero-order valence-corrected chi connectivity index (χ0v) is 14.1. The van der Waals surface area contributed by atoms with Crippen molar-refractivity contribution in [3.8, 4) is 6.07 Å². The lowest BCUT2D eigenvalue weighted by molar-refractivity contribution is -0.115. The van der Waals surface area contributed by atoms with E-state index in [1.807, 2.05) is 24.3 Å². The van der Waals surface area contributed by atoms with Crippen LogP contribution in [-0.4, -0.2) is 11.7 Å². The first-order valence-corrected chi connectivity index (χ1v) is 8.71. The van der Waals surface area contributed by atoms with Crippen molar-refractivity contribution in [1.29, 1.82) is 5.26 Å². The second-order valence-electron chi connectivity index (χ2n) is 4.10. The summed E-state index contributed by atoms with van der Waals surface area (Å²) < 4.78 is 0.934. The Morgan fingerprint density at radius 3 is 3.00 bits per heavy atom. The van der Waals surface area contributed by atoms with Gasteiger partial charge in [0.25, 0.3) is 0 Å². The van der Waals surface area contributed by atoms with Crippen molar-refractivity contribution in [2.75, 3.05) is 16.8 Å². The number of nitrogen functional groups attached to an aromatic ring is 1. The van der Waals surface area contributed by atoms with Crippen LogP contribution in [0.4, 0.5) is 10.7 Å². The Balaban J connectivity index is 1.83. The molecule has 0 aliphatic heterocycles. The minimum Gasteiger partial charge on any atom is -0.398 e. The van der Waals surface area contributed by atoms with E-state index < -0.39 is 0 Å². The third kappa shape index (κ3) is 4.49. The molecular formula is C14H12BrN3OS2. The number of anilines is 2. The number of nitriles is 1. The summed E-state index contributed by atoms with van der Waals surface area (Å²) in [4.78, 5) is 12.8. The van der Waals surface area contributed by atoms with Gasteiger partial charge in [0.2, 0.25) is 5.91 Å². The van der Waals surface area contributed by atoms with E-state index in [1.54, 1.807) is 11.4 Å². The number of carbonyl (C=O) groups excluding carboxylic acids is 1. The first-order valence-electron chi connectivity index (χ1n) is 6.05. The molecule has 1 heterocycles. The van der Waals surface area contributed by atoms with Crippen LogP contribution in [0, 0.1) is 11.3 Å². The van der Waals surface area contributed by atoms with Gasteiger partial charge >= 0.3 is 0 Å². The number of benzene rings is 1. The fourth-order valence-corrected chi connectivity index (χ4v) is 3.62. The molecule has 0 bridgehead atoms. The van der Waals surface area contributed by atoms with E-state index in [0.717, 1.165) is 9.37 Å². The number of rotatable bonds is 5. The summed E-state index contributed by atoms with van der Waals surface area (Å²) in [7, 11) is 0. The lowest BCUT2D eigenvalue weighted by atomic mass is 10.3. The van der Waals surface area contributed by atoms with Gasteiger partial charge in [0.05, 0.1) is 5.56 Å². The van der Waals surface area contributed by atoms with Crippen molar-refractivity contribution >= 4 is 55.6 Å². The maximum atomic E-state index is 11.8.